The summed E-state index contributed by atoms with van der Waals surface area (Å²) in [5.41, 5.74) is 6.22. The highest BCUT2D eigenvalue weighted by molar-refractivity contribution is 5.95. The van der Waals surface area contributed by atoms with E-state index in [1.54, 1.807) is 17.9 Å². The Kier molecular flexibility index (Phi) is 2.33. The first kappa shape index (κ1) is 9.33. The number of Topliss-reactive ketones (excluding diaryl/α,β-unsaturated/α-hetero) is 1. The maximum absolute atomic E-state index is 11.8. The van der Waals surface area contributed by atoms with Gasteiger partial charge in [-0.15, -0.1) is 5.10 Å². The molecule has 2 N–H and O–H groups in total. The Morgan fingerprint density at radius 3 is 2.93 bits per heavy atom. The summed E-state index contributed by atoms with van der Waals surface area (Å²) in [5.74, 6) is 0.146. The van der Waals surface area contributed by atoms with Crippen LogP contribution in [0.2, 0.25) is 0 Å². The molecule has 1 aromatic rings. The van der Waals surface area contributed by atoms with Crippen LogP contribution in [-0.2, 0) is 7.05 Å². The fourth-order valence-corrected chi connectivity index (χ4v) is 1.92. The zero-order valence-electron chi connectivity index (χ0n) is 8.18. The number of ketones is 1. The molecule has 0 aliphatic heterocycles. The maximum Gasteiger partial charge on any atom is 0.187 e. The van der Waals surface area contributed by atoms with Crippen LogP contribution in [-0.4, -0.2) is 26.8 Å². The molecular weight excluding hydrogens is 180 g/mol. The van der Waals surface area contributed by atoms with E-state index in [0.29, 0.717) is 5.69 Å². The third-order valence-corrected chi connectivity index (χ3v) is 2.70. The second-order valence-corrected chi connectivity index (χ2v) is 3.91. The highest BCUT2D eigenvalue weighted by Crippen LogP contribution is 2.26. The van der Waals surface area contributed by atoms with Gasteiger partial charge in [0.15, 0.2) is 5.78 Å². The van der Waals surface area contributed by atoms with Gasteiger partial charge in [0.1, 0.15) is 5.69 Å². The van der Waals surface area contributed by atoms with E-state index >= 15 is 0 Å². The van der Waals surface area contributed by atoms with E-state index in [2.05, 4.69) is 10.3 Å². The quantitative estimate of drug-likeness (QED) is 0.679. The van der Waals surface area contributed by atoms with Gasteiger partial charge in [-0.1, -0.05) is 5.21 Å². The zero-order chi connectivity index (χ0) is 10.1. The molecule has 14 heavy (non-hydrogen) atoms. The zero-order valence-corrected chi connectivity index (χ0v) is 8.18. The van der Waals surface area contributed by atoms with Crippen molar-refractivity contribution in [1.29, 1.82) is 0 Å². The van der Waals surface area contributed by atoms with E-state index in [9.17, 15) is 4.79 Å². The predicted octanol–water partition coefficient (Wildman–Crippen LogP) is 0.125. The fraction of sp³-hybridized carbons (Fsp3) is 0.667. The summed E-state index contributed by atoms with van der Waals surface area (Å²) in [6.07, 6.45) is 4.27. The van der Waals surface area contributed by atoms with Crippen LogP contribution in [0.1, 0.15) is 29.8 Å². The van der Waals surface area contributed by atoms with Crippen LogP contribution in [0.25, 0.3) is 0 Å². The Morgan fingerprint density at radius 2 is 2.43 bits per heavy atom. The van der Waals surface area contributed by atoms with E-state index in [0.717, 1.165) is 19.3 Å². The standard InChI is InChI=1S/C9H14N4O/c1-13-5-8(11-12-13)9(14)6-2-3-7(10)4-6/h5-7H,2-4,10H2,1H3. The number of aromatic nitrogens is 3. The number of carbonyl (C=O) groups excluding carboxylic acids is 1. The average Bonchev–Trinajstić information content (AvgIpc) is 2.73. The lowest BCUT2D eigenvalue weighted by atomic mass is 10.0. The molecule has 5 nitrogen and oxygen atoms in total. The minimum Gasteiger partial charge on any atom is -0.328 e. The third kappa shape index (κ3) is 1.68. The van der Waals surface area contributed by atoms with Crippen molar-refractivity contribution in [1.82, 2.24) is 15.0 Å². The van der Waals surface area contributed by atoms with Crippen LogP contribution in [0.4, 0.5) is 0 Å². The third-order valence-electron chi connectivity index (χ3n) is 2.70. The molecule has 2 unspecified atom stereocenters. The van der Waals surface area contributed by atoms with Gasteiger partial charge < -0.3 is 5.73 Å². The van der Waals surface area contributed by atoms with Crippen LogP contribution in [0.3, 0.4) is 0 Å². The number of aryl methyl sites for hydroxylation is 1. The molecule has 1 aliphatic rings. The van der Waals surface area contributed by atoms with E-state index in [1.165, 1.54) is 0 Å². The molecule has 76 valence electrons. The molecule has 1 heterocycles. The van der Waals surface area contributed by atoms with Crippen LogP contribution in [0.5, 0.6) is 0 Å². The van der Waals surface area contributed by atoms with Gasteiger partial charge in [-0.2, -0.15) is 0 Å². The molecule has 1 aliphatic carbocycles. The molecule has 0 spiro atoms. The Morgan fingerprint density at radius 1 is 1.64 bits per heavy atom. The fourth-order valence-electron chi connectivity index (χ4n) is 1.92. The van der Waals surface area contributed by atoms with Gasteiger partial charge in [-0.05, 0) is 19.3 Å². The second-order valence-electron chi connectivity index (χ2n) is 3.91. The van der Waals surface area contributed by atoms with Crippen molar-refractivity contribution in [3.8, 4) is 0 Å². The van der Waals surface area contributed by atoms with Gasteiger partial charge in [-0.3, -0.25) is 9.48 Å². The van der Waals surface area contributed by atoms with Crippen LogP contribution in [0.15, 0.2) is 6.20 Å². The molecule has 2 rings (SSSR count). The number of nitrogens with zero attached hydrogens (tertiary/aromatic N) is 3. The van der Waals surface area contributed by atoms with Crippen molar-refractivity contribution in [2.45, 2.75) is 25.3 Å². The number of carbonyl (C=O) groups is 1. The average molecular weight is 194 g/mol. The molecular formula is C9H14N4O. The summed E-state index contributed by atoms with van der Waals surface area (Å²) >= 11 is 0. The summed E-state index contributed by atoms with van der Waals surface area (Å²) < 4.78 is 1.54. The summed E-state index contributed by atoms with van der Waals surface area (Å²) in [7, 11) is 1.75. The molecule has 2 atom stereocenters. The molecule has 1 saturated carbocycles. The first-order valence-electron chi connectivity index (χ1n) is 4.83. The number of nitrogens with two attached hydrogens (primary N) is 1. The summed E-state index contributed by atoms with van der Waals surface area (Å²) in [5, 5.41) is 7.55. The van der Waals surface area contributed by atoms with Crippen LogP contribution in [0, 0.1) is 5.92 Å². The van der Waals surface area contributed by atoms with E-state index in [4.69, 9.17) is 5.73 Å². The minimum atomic E-state index is 0.0571. The van der Waals surface area contributed by atoms with Gasteiger partial charge >= 0.3 is 0 Å². The Hall–Kier alpha value is -1.23. The highest BCUT2D eigenvalue weighted by Gasteiger charge is 2.29. The predicted molar refractivity (Wildman–Crippen MR) is 50.6 cm³/mol. The van der Waals surface area contributed by atoms with Crippen molar-refractivity contribution < 1.29 is 4.79 Å². The van der Waals surface area contributed by atoms with E-state index < -0.39 is 0 Å². The normalized spacial score (nSPS) is 26.7. The van der Waals surface area contributed by atoms with Crippen LogP contribution < -0.4 is 5.73 Å². The van der Waals surface area contributed by atoms with Crippen molar-refractivity contribution >= 4 is 5.78 Å². The minimum absolute atomic E-state index is 0.0571. The summed E-state index contributed by atoms with van der Waals surface area (Å²) in [6, 6.07) is 0.181. The van der Waals surface area contributed by atoms with Gasteiger partial charge in [0.05, 0.1) is 6.20 Å². The Bertz CT molecular complexity index is 346. The SMILES string of the molecule is Cn1cc(C(=O)C2CCC(N)C2)nn1. The maximum atomic E-state index is 11.8. The number of hydrogen-bond acceptors (Lipinski definition) is 4. The Balaban J connectivity index is 2.09. The first-order valence-corrected chi connectivity index (χ1v) is 4.83. The molecule has 0 aromatic carbocycles. The first-order chi connectivity index (χ1) is 6.66. The molecule has 0 radical (unpaired) electrons. The van der Waals surface area contributed by atoms with Gasteiger partial charge in [0, 0.05) is 19.0 Å². The van der Waals surface area contributed by atoms with E-state index in [1.807, 2.05) is 0 Å². The molecule has 5 heteroatoms. The highest BCUT2D eigenvalue weighted by atomic mass is 16.1. The Labute approximate surface area is 82.3 Å². The van der Waals surface area contributed by atoms with Crippen molar-refractivity contribution in [2.24, 2.45) is 18.7 Å². The lowest BCUT2D eigenvalue weighted by Crippen LogP contribution is -2.18. The number of hydrogen-bond donors (Lipinski definition) is 1. The van der Waals surface area contributed by atoms with E-state index in [-0.39, 0.29) is 17.7 Å². The smallest absolute Gasteiger partial charge is 0.187 e. The number of rotatable bonds is 2. The van der Waals surface area contributed by atoms with Crippen molar-refractivity contribution in [3.05, 3.63) is 11.9 Å². The second kappa shape index (κ2) is 3.49. The molecule has 1 aromatic heterocycles. The topological polar surface area (TPSA) is 73.8 Å². The summed E-state index contributed by atoms with van der Waals surface area (Å²) in [4.78, 5) is 11.8. The van der Waals surface area contributed by atoms with Crippen molar-refractivity contribution in [2.75, 3.05) is 0 Å². The van der Waals surface area contributed by atoms with Gasteiger partial charge in [-0.25, -0.2) is 0 Å². The van der Waals surface area contributed by atoms with Crippen molar-refractivity contribution in [3.63, 3.8) is 0 Å². The molecule has 0 bridgehead atoms. The molecule has 0 amide bonds. The molecule has 1 fully saturated rings. The lowest BCUT2D eigenvalue weighted by Gasteiger charge is -2.04. The van der Waals surface area contributed by atoms with Crippen LogP contribution >= 0.6 is 0 Å². The lowest BCUT2D eigenvalue weighted by molar-refractivity contribution is 0.0916. The summed E-state index contributed by atoms with van der Waals surface area (Å²) in [6.45, 7) is 0. The van der Waals surface area contributed by atoms with Gasteiger partial charge in [0.2, 0.25) is 0 Å². The monoisotopic (exact) mass is 194 g/mol. The molecule has 0 saturated heterocycles. The largest absolute Gasteiger partial charge is 0.328 e. The van der Waals surface area contributed by atoms with Gasteiger partial charge in [0.25, 0.3) is 0 Å².